The van der Waals surface area contributed by atoms with E-state index in [9.17, 15) is 9.59 Å². The summed E-state index contributed by atoms with van der Waals surface area (Å²) < 4.78 is 5.33. The normalized spacial score (nSPS) is 10.2. The number of benzene rings is 2. The van der Waals surface area contributed by atoms with Gasteiger partial charge in [0.15, 0.2) is 12.1 Å². The minimum atomic E-state index is -0.214. The minimum Gasteiger partial charge on any atom is -0.481 e. The molecule has 2 aromatic rings. The highest BCUT2D eigenvalue weighted by molar-refractivity contribution is 6.13. The van der Waals surface area contributed by atoms with Crippen molar-refractivity contribution in [2.24, 2.45) is 0 Å². The van der Waals surface area contributed by atoms with Crippen molar-refractivity contribution < 1.29 is 14.3 Å². The minimum absolute atomic E-state index is 0.108. The maximum absolute atomic E-state index is 12.7. The first kappa shape index (κ1) is 16.5. The van der Waals surface area contributed by atoms with Crippen molar-refractivity contribution in [2.75, 3.05) is 6.61 Å². The molecule has 3 heteroatoms. The highest BCUT2D eigenvalue weighted by Crippen LogP contribution is 2.22. The van der Waals surface area contributed by atoms with Gasteiger partial charge in [0, 0.05) is 16.7 Å². The number of ether oxygens (including phenoxy) is 1. The van der Waals surface area contributed by atoms with Gasteiger partial charge in [-0.05, 0) is 29.7 Å². The van der Waals surface area contributed by atoms with Crippen molar-refractivity contribution in [3.8, 4) is 18.1 Å². The largest absolute Gasteiger partial charge is 0.481 e. The Morgan fingerprint density at radius 1 is 1.22 bits per heavy atom. The van der Waals surface area contributed by atoms with E-state index >= 15 is 0 Å². The second kappa shape index (κ2) is 7.42. The average molecular weight is 306 g/mol. The molecule has 2 aromatic carbocycles. The lowest BCUT2D eigenvalue weighted by Gasteiger charge is -2.09. The number of hydrogen-bond donors (Lipinski definition) is 0. The van der Waals surface area contributed by atoms with Crippen LogP contribution in [-0.2, 0) is 0 Å². The zero-order chi connectivity index (χ0) is 16.8. The number of carbonyl (C=O) groups is 2. The van der Waals surface area contributed by atoms with Crippen molar-refractivity contribution in [3.63, 3.8) is 0 Å². The van der Waals surface area contributed by atoms with Crippen LogP contribution in [-0.4, -0.2) is 18.7 Å². The van der Waals surface area contributed by atoms with Crippen molar-refractivity contribution in [2.45, 2.75) is 19.8 Å². The standard InChI is InChI=1S/C20H18O3/c1-4-11-23-18-10-9-17(13-21)19(12-18)20(22)16-7-5-15(6-8-16)14(2)3/h1,5-10,12-14H,11H2,2-3H3. The van der Waals surface area contributed by atoms with Gasteiger partial charge in [-0.15, -0.1) is 6.42 Å². The number of carbonyl (C=O) groups excluding carboxylic acids is 2. The zero-order valence-electron chi connectivity index (χ0n) is 13.2. The molecule has 0 bridgehead atoms. The van der Waals surface area contributed by atoms with E-state index in [0.717, 1.165) is 5.56 Å². The highest BCUT2D eigenvalue weighted by atomic mass is 16.5. The summed E-state index contributed by atoms with van der Waals surface area (Å²) in [7, 11) is 0. The van der Waals surface area contributed by atoms with E-state index in [4.69, 9.17) is 11.2 Å². The number of rotatable bonds is 6. The van der Waals surface area contributed by atoms with Crippen LogP contribution in [0.5, 0.6) is 5.75 Å². The van der Waals surface area contributed by atoms with Crippen molar-refractivity contribution in [3.05, 3.63) is 64.7 Å². The van der Waals surface area contributed by atoms with Crippen LogP contribution in [0.1, 0.15) is 51.6 Å². The summed E-state index contributed by atoms with van der Waals surface area (Å²) in [5.41, 5.74) is 2.33. The topological polar surface area (TPSA) is 43.4 Å². The molecule has 23 heavy (non-hydrogen) atoms. The summed E-state index contributed by atoms with van der Waals surface area (Å²) in [5, 5.41) is 0. The van der Waals surface area contributed by atoms with Gasteiger partial charge in [-0.1, -0.05) is 44.0 Å². The Morgan fingerprint density at radius 3 is 2.48 bits per heavy atom. The van der Waals surface area contributed by atoms with Gasteiger partial charge >= 0.3 is 0 Å². The van der Waals surface area contributed by atoms with Crippen LogP contribution >= 0.6 is 0 Å². The van der Waals surface area contributed by atoms with Gasteiger partial charge in [-0.3, -0.25) is 9.59 Å². The van der Waals surface area contributed by atoms with E-state index in [1.807, 2.05) is 12.1 Å². The molecule has 0 fully saturated rings. The summed E-state index contributed by atoms with van der Waals surface area (Å²) in [4.78, 5) is 23.9. The molecule has 0 spiro atoms. The molecule has 116 valence electrons. The van der Waals surface area contributed by atoms with Gasteiger partial charge < -0.3 is 4.74 Å². The molecule has 0 atom stereocenters. The second-order valence-corrected chi connectivity index (χ2v) is 5.47. The molecule has 0 heterocycles. The lowest BCUT2D eigenvalue weighted by molar-refractivity contribution is 0.102. The van der Waals surface area contributed by atoms with Gasteiger partial charge in [0.05, 0.1) is 0 Å². The van der Waals surface area contributed by atoms with Crippen LogP contribution in [0.2, 0.25) is 0 Å². The smallest absolute Gasteiger partial charge is 0.193 e. The van der Waals surface area contributed by atoms with Crippen molar-refractivity contribution in [1.29, 1.82) is 0 Å². The second-order valence-electron chi connectivity index (χ2n) is 5.47. The third-order valence-electron chi connectivity index (χ3n) is 3.56. The Kier molecular flexibility index (Phi) is 5.32. The molecule has 0 aliphatic rings. The summed E-state index contributed by atoms with van der Waals surface area (Å²) in [6.07, 6.45) is 5.83. The van der Waals surface area contributed by atoms with Crippen LogP contribution < -0.4 is 4.74 Å². The Balaban J connectivity index is 2.36. The first-order chi connectivity index (χ1) is 11.1. The van der Waals surface area contributed by atoms with Gasteiger partial charge in [-0.2, -0.15) is 0 Å². The Hall–Kier alpha value is -2.86. The molecule has 3 nitrogen and oxygen atoms in total. The Bertz CT molecular complexity index is 749. The van der Waals surface area contributed by atoms with Gasteiger partial charge in [0.2, 0.25) is 0 Å². The van der Waals surface area contributed by atoms with Crippen molar-refractivity contribution in [1.82, 2.24) is 0 Å². The number of terminal acetylenes is 1. The molecule has 0 aromatic heterocycles. The SMILES string of the molecule is C#CCOc1ccc(C=O)c(C(=O)c2ccc(C(C)C)cc2)c1. The summed E-state index contributed by atoms with van der Waals surface area (Å²) in [5.74, 6) is 3.01. The first-order valence-corrected chi connectivity index (χ1v) is 7.37. The predicted molar refractivity (Wildman–Crippen MR) is 90.1 cm³/mol. The van der Waals surface area contributed by atoms with Crippen LogP contribution in [0, 0.1) is 12.3 Å². The van der Waals surface area contributed by atoms with Gasteiger partial charge in [0.1, 0.15) is 12.4 Å². The third-order valence-corrected chi connectivity index (χ3v) is 3.56. The Labute approximate surface area is 136 Å². The molecule has 0 amide bonds. The van der Waals surface area contributed by atoms with Crippen molar-refractivity contribution >= 4 is 12.1 Å². The molecular weight excluding hydrogens is 288 g/mol. The van der Waals surface area contributed by atoms with Crippen LogP contribution in [0.25, 0.3) is 0 Å². The van der Waals surface area contributed by atoms with E-state index in [1.165, 1.54) is 0 Å². The third kappa shape index (κ3) is 3.87. The maximum Gasteiger partial charge on any atom is 0.193 e. The van der Waals surface area contributed by atoms with E-state index in [1.54, 1.807) is 30.3 Å². The van der Waals surface area contributed by atoms with E-state index < -0.39 is 0 Å². The molecular formula is C20H18O3. The van der Waals surface area contributed by atoms with Crippen LogP contribution in [0.15, 0.2) is 42.5 Å². The molecule has 0 saturated carbocycles. The fraction of sp³-hybridized carbons (Fsp3) is 0.200. The molecule has 0 saturated heterocycles. The molecule has 0 radical (unpaired) electrons. The maximum atomic E-state index is 12.7. The van der Waals surface area contributed by atoms with Gasteiger partial charge in [-0.25, -0.2) is 0 Å². The molecule has 2 rings (SSSR count). The molecule has 0 N–H and O–H groups in total. The quantitative estimate of drug-likeness (QED) is 0.462. The molecule has 0 unspecified atom stereocenters. The van der Waals surface area contributed by atoms with E-state index in [0.29, 0.717) is 34.6 Å². The zero-order valence-corrected chi connectivity index (χ0v) is 13.2. The summed E-state index contributed by atoms with van der Waals surface area (Å²) in [6.45, 7) is 4.29. The lowest BCUT2D eigenvalue weighted by Crippen LogP contribution is -2.06. The number of hydrogen-bond acceptors (Lipinski definition) is 3. The number of ketones is 1. The lowest BCUT2D eigenvalue weighted by atomic mass is 9.96. The predicted octanol–water partition coefficient (Wildman–Crippen LogP) is 3.87. The first-order valence-electron chi connectivity index (χ1n) is 7.37. The average Bonchev–Trinajstić information content (AvgIpc) is 2.59. The van der Waals surface area contributed by atoms with Crippen LogP contribution in [0.4, 0.5) is 0 Å². The highest BCUT2D eigenvalue weighted by Gasteiger charge is 2.15. The monoisotopic (exact) mass is 306 g/mol. The van der Waals surface area contributed by atoms with E-state index in [2.05, 4.69) is 19.8 Å². The van der Waals surface area contributed by atoms with Gasteiger partial charge in [0.25, 0.3) is 0 Å². The van der Waals surface area contributed by atoms with E-state index in [-0.39, 0.29) is 12.4 Å². The molecule has 0 aliphatic heterocycles. The number of aldehydes is 1. The summed E-state index contributed by atoms with van der Waals surface area (Å²) in [6, 6.07) is 12.2. The summed E-state index contributed by atoms with van der Waals surface area (Å²) >= 11 is 0. The fourth-order valence-electron chi connectivity index (χ4n) is 2.22. The fourth-order valence-corrected chi connectivity index (χ4v) is 2.22. The van der Waals surface area contributed by atoms with Crippen LogP contribution in [0.3, 0.4) is 0 Å². The molecule has 0 aliphatic carbocycles. The Morgan fingerprint density at radius 2 is 1.91 bits per heavy atom.